The van der Waals surface area contributed by atoms with Crippen molar-refractivity contribution in [3.63, 3.8) is 0 Å². The summed E-state index contributed by atoms with van der Waals surface area (Å²) in [4.78, 5) is 11.5. The van der Waals surface area contributed by atoms with Gasteiger partial charge in [-0.2, -0.15) is 0 Å². The molecule has 1 saturated carbocycles. The van der Waals surface area contributed by atoms with Crippen LogP contribution in [0.4, 0.5) is 0 Å². The largest absolute Gasteiger partial charge is 0.480 e. The van der Waals surface area contributed by atoms with Gasteiger partial charge in [0.15, 0.2) is 0 Å². The number of carboxylic acid groups (broad SMARTS) is 1. The van der Waals surface area contributed by atoms with Gasteiger partial charge in [-0.1, -0.05) is 43.5 Å². The highest BCUT2D eigenvalue weighted by Gasteiger charge is 2.25. The molecular weight excluding hydrogens is 226 g/mol. The second-order valence-electron chi connectivity index (χ2n) is 5.13. The van der Waals surface area contributed by atoms with E-state index in [1.807, 2.05) is 31.2 Å². The molecule has 98 valence electrons. The van der Waals surface area contributed by atoms with Crippen LogP contribution in [0.1, 0.15) is 49.3 Å². The Balaban J connectivity index is 2.13. The van der Waals surface area contributed by atoms with E-state index in [1.54, 1.807) is 0 Å². The first-order valence-electron chi connectivity index (χ1n) is 6.73. The third kappa shape index (κ3) is 3.10. The minimum Gasteiger partial charge on any atom is -0.480 e. The van der Waals surface area contributed by atoms with Crippen molar-refractivity contribution in [2.75, 3.05) is 0 Å². The molecule has 0 saturated heterocycles. The van der Waals surface area contributed by atoms with Crippen molar-refractivity contribution in [2.24, 2.45) is 0 Å². The van der Waals surface area contributed by atoms with Gasteiger partial charge in [0.25, 0.3) is 0 Å². The molecule has 2 rings (SSSR count). The smallest absolute Gasteiger partial charge is 0.325 e. The number of nitrogens with one attached hydrogen (secondary N) is 1. The molecule has 18 heavy (non-hydrogen) atoms. The number of carbonyl (C=O) groups is 1. The van der Waals surface area contributed by atoms with Gasteiger partial charge in [0.05, 0.1) is 0 Å². The van der Waals surface area contributed by atoms with Crippen LogP contribution in [-0.4, -0.2) is 17.1 Å². The lowest BCUT2D eigenvalue weighted by Crippen LogP contribution is -2.38. The van der Waals surface area contributed by atoms with E-state index in [0.29, 0.717) is 6.04 Å². The van der Waals surface area contributed by atoms with Crippen LogP contribution in [0, 0.1) is 6.92 Å². The van der Waals surface area contributed by atoms with Crippen LogP contribution < -0.4 is 5.32 Å². The summed E-state index contributed by atoms with van der Waals surface area (Å²) in [6, 6.07) is 7.49. The third-order valence-corrected chi connectivity index (χ3v) is 3.75. The fourth-order valence-corrected chi connectivity index (χ4v) is 2.71. The summed E-state index contributed by atoms with van der Waals surface area (Å²) in [6.45, 7) is 1.97. The molecule has 0 amide bonds. The molecule has 1 fully saturated rings. The standard InChI is InChI=1S/C15H21NO2/c1-11-7-5-6-10-13(11)14(15(17)18)16-12-8-3-2-4-9-12/h5-7,10,12,14,16H,2-4,8-9H2,1H3,(H,17,18). The van der Waals surface area contributed by atoms with E-state index < -0.39 is 12.0 Å². The summed E-state index contributed by atoms with van der Waals surface area (Å²) in [6.07, 6.45) is 5.88. The van der Waals surface area contributed by atoms with Crippen LogP contribution in [0.25, 0.3) is 0 Å². The Morgan fingerprint density at radius 2 is 1.94 bits per heavy atom. The summed E-state index contributed by atoms with van der Waals surface area (Å²) in [5, 5.41) is 12.7. The molecule has 1 aromatic carbocycles. The van der Waals surface area contributed by atoms with Gasteiger partial charge in [0.2, 0.25) is 0 Å². The molecule has 1 unspecified atom stereocenters. The summed E-state index contributed by atoms with van der Waals surface area (Å²) in [5.41, 5.74) is 1.92. The average molecular weight is 247 g/mol. The van der Waals surface area contributed by atoms with Crippen molar-refractivity contribution in [1.82, 2.24) is 5.32 Å². The fourth-order valence-electron chi connectivity index (χ4n) is 2.71. The molecule has 1 aromatic rings. The van der Waals surface area contributed by atoms with Crippen LogP contribution >= 0.6 is 0 Å². The van der Waals surface area contributed by atoms with Gasteiger partial charge >= 0.3 is 5.97 Å². The minimum atomic E-state index is -0.783. The highest BCUT2D eigenvalue weighted by Crippen LogP contribution is 2.23. The van der Waals surface area contributed by atoms with Crippen molar-refractivity contribution in [2.45, 2.75) is 51.1 Å². The van der Waals surface area contributed by atoms with Gasteiger partial charge < -0.3 is 5.11 Å². The highest BCUT2D eigenvalue weighted by atomic mass is 16.4. The highest BCUT2D eigenvalue weighted by molar-refractivity contribution is 5.76. The van der Waals surface area contributed by atoms with Gasteiger partial charge in [-0.15, -0.1) is 0 Å². The zero-order chi connectivity index (χ0) is 13.0. The van der Waals surface area contributed by atoms with E-state index in [-0.39, 0.29) is 0 Å². The SMILES string of the molecule is Cc1ccccc1C(NC1CCCCC1)C(=O)O. The second kappa shape index (κ2) is 6.01. The van der Waals surface area contributed by atoms with Crippen LogP contribution in [0.3, 0.4) is 0 Å². The van der Waals surface area contributed by atoms with E-state index in [1.165, 1.54) is 19.3 Å². The molecule has 0 aliphatic heterocycles. The van der Waals surface area contributed by atoms with Crippen molar-refractivity contribution >= 4 is 5.97 Å². The summed E-state index contributed by atoms with van der Waals surface area (Å²) in [5.74, 6) is -0.783. The molecule has 1 atom stereocenters. The lowest BCUT2D eigenvalue weighted by Gasteiger charge is -2.27. The molecule has 1 aliphatic rings. The van der Waals surface area contributed by atoms with Gasteiger partial charge in [-0.25, -0.2) is 0 Å². The molecule has 0 radical (unpaired) electrons. The molecule has 3 heteroatoms. The van der Waals surface area contributed by atoms with Crippen molar-refractivity contribution < 1.29 is 9.90 Å². The molecule has 2 N–H and O–H groups in total. The predicted octanol–water partition coefficient (Wildman–Crippen LogP) is 3.04. The monoisotopic (exact) mass is 247 g/mol. The van der Waals surface area contributed by atoms with Gasteiger partial charge in [-0.3, -0.25) is 10.1 Å². The maximum Gasteiger partial charge on any atom is 0.325 e. The molecular formula is C15H21NO2. The Morgan fingerprint density at radius 1 is 1.28 bits per heavy atom. The summed E-state index contributed by atoms with van der Waals surface area (Å²) >= 11 is 0. The second-order valence-corrected chi connectivity index (χ2v) is 5.13. The summed E-state index contributed by atoms with van der Waals surface area (Å²) in [7, 11) is 0. The maximum absolute atomic E-state index is 11.5. The van der Waals surface area contributed by atoms with E-state index >= 15 is 0 Å². The normalized spacial score (nSPS) is 18.5. The summed E-state index contributed by atoms with van der Waals surface area (Å²) < 4.78 is 0. The topological polar surface area (TPSA) is 49.3 Å². The van der Waals surface area contributed by atoms with Gasteiger partial charge in [-0.05, 0) is 30.9 Å². The lowest BCUT2D eigenvalue weighted by atomic mass is 9.93. The Hall–Kier alpha value is -1.35. The minimum absolute atomic E-state index is 0.347. The van der Waals surface area contributed by atoms with Crippen molar-refractivity contribution in [1.29, 1.82) is 0 Å². The zero-order valence-electron chi connectivity index (χ0n) is 10.9. The van der Waals surface area contributed by atoms with Gasteiger partial charge in [0.1, 0.15) is 6.04 Å². The average Bonchev–Trinajstić information content (AvgIpc) is 2.38. The maximum atomic E-state index is 11.5. The van der Waals surface area contributed by atoms with E-state index in [0.717, 1.165) is 24.0 Å². The Morgan fingerprint density at radius 3 is 2.56 bits per heavy atom. The quantitative estimate of drug-likeness (QED) is 0.859. The van der Waals surface area contributed by atoms with Crippen LogP contribution in [-0.2, 0) is 4.79 Å². The van der Waals surface area contributed by atoms with Crippen molar-refractivity contribution in [3.05, 3.63) is 35.4 Å². The Kier molecular flexibility index (Phi) is 4.37. The van der Waals surface area contributed by atoms with E-state index in [9.17, 15) is 9.90 Å². The molecule has 0 bridgehead atoms. The van der Waals surface area contributed by atoms with Crippen LogP contribution in [0.15, 0.2) is 24.3 Å². The Labute approximate surface area is 108 Å². The first-order valence-corrected chi connectivity index (χ1v) is 6.73. The number of aryl methyl sites for hydroxylation is 1. The molecule has 3 nitrogen and oxygen atoms in total. The number of hydrogen-bond acceptors (Lipinski definition) is 2. The molecule has 0 aromatic heterocycles. The number of benzene rings is 1. The molecule has 0 spiro atoms. The first-order chi connectivity index (χ1) is 8.68. The van der Waals surface area contributed by atoms with E-state index in [4.69, 9.17) is 0 Å². The predicted molar refractivity (Wildman–Crippen MR) is 71.6 cm³/mol. The number of aliphatic carboxylic acids is 1. The number of rotatable bonds is 4. The zero-order valence-corrected chi connectivity index (χ0v) is 10.9. The molecule has 1 aliphatic carbocycles. The Bertz CT molecular complexity index is 411. The van der Waals surface area contributed by atoms with Crippen molar-refractivity contribution in [3.8, 4) is 0 Å². The molecule has 0 heterocycles. The third-order valence-electron chi connectivity index (χ3n) is 3.75. The van der Waals surface area contributed by atoms with E-state index in [2.05, 4.69) is 5.32 Å². The van der Waals surface area contributed by atoms with Gasteiger partial charge in [0, 0.05) is 6.04 Å². The first kappa shape index (κ1) is 13.1. The lowest BCUT2D eigenvalue weighted by molar-refractivity contribution is -0.140. The number of hydrogen-bond donors (Lipinski definition) is 2. The van der Waals surface area contributed by atoms with Crippen LogP contribution in [0.2, 0.25) is 0 Å². The number of carboxylic acids is 1. The van der Waals surface area contributed by atoms with Crippen LogP contribution in [0.5, 0.6) is 0 Å². The fraction of sp³-hybridized carbons (Fsp3) is 0.533.